The number of hydrogen-bond donors (Lipinski definition) is 0. The highest BCUT2D eigenvalue weighted by molar-refractivity contribution is 7.19. The van der Waals surface area contributed by atoms with Crippen LogP contribution in [0, 0.1) is 0 Å². The molecule has 1 aromatic carbocycles. The second-order valence-corrected chi connectivity index (χ2v) is 8.82. The average molecular weight is 453 g/mol. The minimum atomic E-state index is 0.170. The van der Waals surface area contributed by atoms with Gasteiger partial charge in [0, 0.05) is 23.5 Å². The summed E-state index contributed by atoms with van der Waals surface area (Å²) < 4.78 is 12.4. The summed E-state index contributed by atoms with van der Waals surface area (Å²) in [6, 6.07) is 5.62. The normalized spacial score (nSPS) is 14.7. The van der Waals surface area contributed by atoms with Crippen molar-refractivity contribution in [3.05, 3.63) is 46.4 Å². The van der Waals surface area contributed by atoms with Crippen molar-refractivity contribution >= 4 is 32.9 Å². The topological polar surface area (TPSA) is 86.4 Å². The van der Waals surface area contributed by atoms with Crippen LogP contribution in [0.1, 0.15) is 28.8 Å². The molecule has 0 bridgehead atoms. The molecule has 0 fully saturated rings. The van der Waals surface area contributed by atoms with E-state index in [4.69, 9.17) is 19.3 Å². The van der Waals surface area contributed by atoms with Crippen LogP contribution in [-0.4, -0.2) is 58.0 Å². The summed E-state index contributed by atoms with van der Waals surface area (Å²) >= 11 is 1.75. The van der Waals surface area contributed by atoms with Gasteiger partial charge in [0.05, 0.1) is 25.3 Å². The van der Waals surface area contributed by atoms with Crippen LogP contribution >= 0.6 is 11.3 Å². The summed E-state index contributed by atoms with van der Waals surface area (Å²) in [7, 11) is 5.36. The number of thiophene rings is 1. The minimum absolute atomic E-state index is 0.170. The van der Waals surface area contributed by atoms with Gasteiger partial charge < -0.3 is 19.2 Å². The largest absolute Gasteiger partial charge is 0.493 e. The summed E-state index contributed by atoms with van der Waals surface area (Å²) in [6.07, 6.45) is 2.72. The zero-order valence-electron chi connectivity index (χ0n) is 18.5. The Kier molecular flexibility index (Phi) is 5.40. The molecule has 4 aromatic rings. The Bertz CT molecular complexity index is 1330. The molecule has 3 aromatic heterocycles. The van der Waals surface area contributed by atoms with Gasteiger partial charge in [0.1, 0.15) is 11.2 Å². The molecule has 0 radical (unpaired) electrons. The SMILES string of the molecule is COc1ccc(/C(C)=N\OCc2nc3c4c5c(sc4ncn3n2)CN(C)CC5)cc1OC. The Morgan fingerprint density at radius 3 is 2.88 bits per heavy atom. The Balaban J connectivity index is 1.37. The van der Waals surface area contributed by atoms with Gasteiger partial charge in [0.15, 0.2) is 29.6 Å². The van der Waals surface area contributed by atoms with Gasteiger partial charge in [-0.15, -0.1) is 16.4 Å². The van der Waals surface area contributed by atoms with E-state index < -0.39 is 0 Å². The van der Waals surface area contributed by atoms with E-state index in [-0.39, 0.29) is 6.61 Å². The molecule has 0 unspecified atom stereocenters. The van der Waals surface area contributed by atoms with Gasteiger partial charge in [0.25, 0.3) is 0 Å². The number of methoxy groups -OCH3 is 2. The zero-order chi connectivity index (χ0) is 22.2. The fraction of sp³-hybridized carbons (Fsp3) is 0.364. The lowest BCUT2D eigenvalue weighted by Crippen LogP contribution is -2.25. The van der Waals surface area contributed by atoms with Crippen LogP contribution in [0.2, 0.25) is 0 Å². The van der Waals surface area contributed by atoms with Gasteiger partial charge in [-0.1, -0.05) is 5.16 Å². The van der Waals surface area contributed by atoms with Gasteiger partial charge in [-0.25, -0.2) is 14.5 Å². The number of rotatable bonds is 6. The second-order valence-electron chi connectivity index (χ2n) is 7.73. The molecule has 0 saturated heterocycles. The Labute approximate surface area is 189 Å². The molecule has 10 heteroatoms. The Morgan fingerprint density at radius 1 is 1.22 bits per heavy atom. The zero-order valence-corrected chi connectivity index (χ0v) is 19.3. The molecule has 9 nitrogen and oxygen atoms in total. The first-order valence-corrected chi connectivity index (χ1v) is 11.1. The van der Waals surface area contributed by atoms with Crippen LogP contribution in [-0.2, 0) is 24.4 Å². The fourth-order valence-corrected chi connectivity index (χ4v) is 5.19. The van der Waals surface area contributed by atoms with Crippen molar-refractivity contribution in [2.75, 3.05) is 27.8 Å². The van der Waals surface area contributed by atoms with Crippen molar-refractivity contribution in [2.45, 2.75) is 26.5 Å². The monoisotopic (exact) mass is 452 g/mol. The Hall–Kier alpha value is -3.24. The molecule has 4 heterocycles. The first-order chi connectivity index (χ1) is 15.6. The standard InChI is InChI=1S/C22H24N6O3S/c1-13(14-5-6-16(29-3)17(9-14)30-4)26-31-11-19-24-21-20-15-7-8-27(2)10-18(15)32-22(20)23-12-28(21)25-19/h5-6,9,12H,7-8,10-11H2,1-4H3/b26-13-. The predicted octanol–water partition coefficient (Wildman–Crippen LogP) is 3.28. The molecule has 0 N–H and O–H groups in total. The van der Waals surface area contributed by atoms with Gasteiger partial charge in [0.2, 0.25) is 0 Å². The average Bonchev–Trinajstić information content (AvgIpc) is 3.38. The molecule has 0 spiro atoms. The lowest BCUT2D eigenvalue weighted by Gasteiger charge is -2.21. The highest BCUT2D eigenvalue weighted by Gasteiger charge is 2.22. The number of aromatic nitrogens is 4. The second kappa shape index (κ2) is 8.36. The molecular formula is C22H24N6O3S. The number of ether oxygens (including phenoxy) is 2. The highest BCUT2D eigenvalue weighted by Crippen LogP contribution is 2.35. The third-order valence-electron chi connectivity index (χ3n) is 5.61. The lowest BCUT2D eigenvalue weighted by molar-refractivity contribution is 0.125. The third-order valence-corrected chi connectivity index (χ3v) is 6.73. The smallest absolute Gasteiger partial charge is 0.192 e. The summed E-state index contributed by atoms with van der Waals surface area (Å²) in [5.74, 6) is 1.88. The van der Waals surface area contributed by atoms with Crippen molar-refractivity contribution in [3.8, 4) is 11.5 Å². The molecule has 0 atom stereocenters. The van der Waals surface area contributed by atoms with Crippen LogP contribution in [0.25, 0.3) is 15.9 Å². The van der Waals surface area contributed by atoms with Gasteiger partial charge >= 0.3 is 0 Å². The van der Waals surface area contributed by atoms with Gasteiger partial charge in [-0.2, -0.15) is 0 Å². The van der Waals surface area contributed by atoms with Crippen LogP contribution < -0.4 is 9.47 Å². The molecule has 0 aliphatic carbocycles. The summed E-state index contributed by atoms with van der Waals surface area (Å²) in [5, 5.41) is 9.88. The van der Waals surface area contributed by atoms with E-state index in [1.807, 2.05) is 25.1 Å². The van der Waals surface area contributed by atoms with E-state index in [1.54, 1.807) is 36.4 Å². The van der Waals surface area contributed by atoms with Crippen LogP contribution in [0.4, 0.5) is 0 Å². The van der Waals surface area contributed by atoms with Gasteiger partial charge in [-0.3, -0.25) is 0 Å². The number of benzene rings is 1. The van der Waals surface area contributed by atoms with E-state index >= 15 is 0 Å². The van der Waals surface area contributed by atoms with Crippen molar-refractivity contribution in [1.82, 2.24) is 24.5 Å². The number of oxime groups is 1. The molecular weight excluding hydrogens is 428 g/mol. The first-order valence-electron chi connectivity index (χ1n) is 10.3. The minimum Gasteiger partial charge on any atom is -0.493 e. The lowest BCUT2D eigenvalue weighted by atomic mass is 10.1. The third kappa shape index (κ3) is 3.65. The molecule has 166 valence electrons. The van der Waals surface area contributed by atoms with Gasteiger partial charge in [-0.05, 0) is 44.2 Å². The number of likely N-dealkylation sites (N-methyl/N-ethyl adjacent to an activating group) is 1. The molecule has 5 rings (SSSR count). The van der Waals surface area contributed by atoms with Crippen LogP contribution in [0.3, 0.4) is 0 Å². The Morgan fingerprint density at radius 2 is 2.06 bits per heavy atom. The molecule has 1 aliphatic rings. The van der Waals surface area contributed by atoms with Crippen molar-refractivity contribution < 1.29 is 14.3 Å². The summed E-state index contributed by atoms with van der Waals surface area (Å²) in [4.78, 5) is 19.6. The fourth-order valence-electron chi connectivity index (χ4n) is 3.93. The van der Waals surface area contributed by atoms with Crippen molar-refractivity contribution in [1.29, 1.82) is 0 Å². The number of hydrogen-bond acceptors (Lipinski definition) is 9. The van der Waals surface area contributed by atoms with Crippen molar-refractivity contribution in [2.24, 2.45) is 5.16 Å². The maximum atomic E-state index is 5.57. The van der Waals surface area contributed by atoms with Crippen molar-refractivity contribution in [3.63, 3.8) is 0 Å². The van der Waals surface area contributed by atoms with E-state index in [1.165, 1.54) is 10.4 Å². The van der Waals surface area contributed by atoms with Crippen LogP contribution in [0.15, 0.2) is 29.7 Å². The number of fused-ring (bicyclic) bond motifs is 5. The maximum absolute atomic E-state index is 5.57. The van der Waals surface area contributed by atoms with Crippen LogP contribution in [0.5, 0.6) is 11.5 Å². The van der Waals surface area contributed by atoms with E-state index in [0.29, 0.717) is 17.3 Å². The highest BCUT2D eigenvalue weighted by atomic mass is 32.1. The van der Waals surface area contributed by atoms with E-state index in [2.05, 4.69) is 27.2 Å². The predicted molar refractivity (Wildman–Crippen MR) is 123 cm³/mol. The van der Waals surface area contributed by atoms with E-state index in [9.17, 15) is 0 Å². The van der Waals surface area contributed by atoms with E-state index in [0.717, 1.165) is 46.6 Å². The molecule has 0 amide bonds. The number of nitrogens with zero attached hydrogens (tertiary/aromatic N) is 6. The molecule has 1 aliphatic heterocycles. The molecule has 32 heavy (non-hydrogen) atoms. The summed E-state index contributed by atoms with van der Waals surface area (Å²) in [6.45, 7) is 4.04. The summed E-state index contributed by atoms with van der Waals surface area (Å²) in [5.41, 5.74) is 3.78. The first kappa shape index (κ1) is 20.7. The maximum Gasteiger partial charge on any atom is 0.192 e. The quantitative estimate of drug-likeness (QED) is 0.328. The molecule has 0 saturated carbocycles.